The molecule has 5 rings (SSSR count). The SMILES string of the molecule is Nc1nc2ccc(CN[C@@H]3CO[C@H](C(c4ccc(F)cc4)c4ccc(F)cc4)C[C@H]3O)cc2s1. The molecule has 34 heavy (non-hydrogen) atoms. The second kappa shape index (κ2) is 9.76. The van der Waals surface area contributed by atoms with Gasteiger partial charge < -0.3 is 20.9 Å². The second-order valence-electron chi connectivity index (χ2n) is 8.60. The van der Waals surface area contributed by atoms with Gasteiger partial charge in [0.05, 0.1) is 35.1 Å². The monoisotopic (exact) mass is 481 g/mol. The van der Waals surface area contributed by atoms with Gasteiger partial charge >= 0.3 is 0 Å². The van der Waals surface area contributed by atoms with Crippen molar-refractivity contribution < 1.29 is 18.6 Å². The topological polar surface area (TPSA) is 80.4 Å². The van der Waals surface area contributed by atoms with Crippen LogP contribution in [0.4, 0.5) is 13.9 Å². The molecule has 1 saturated heterocycles. The maximum Gasteiger partial charge on any atom is 0.181 e. The van der Waals surface area contributed by atoms with Crippen LogP contribution in [0.15, 0.2) is 66.7 Å². The number of hydrogen-bond acceptors (Lipinski definition) is 6. The van der Waals surface area contributed by atoms with Crippen molar-refractivity contribution in [3.63, 3.8) is 0 Å². The highest BCUT2D eigenvalue weighted by molar-refractivity contribution is 7.22. The molecule has 3 aromatic carbocycles. The molecule has 4 N–H and O–H groups in total. The summed E-state index contributed by atoms with van der Waals surface area (Å²) in [4.78, 5) is 4.27. The van der Waals surface area contributed by atoms with E-state index in [1.807, 2.05) is 18.2 Å². The van der Waals surface area contributed by atoms with Crippen molar-refractivity contribution in [2.75, 3.05) is 12.3 Å². The van der Waals surface area contributed by atoms with Gasteiger partial charge in [-0.15, -0.1) is 0 Å². The first kappa shape index (κ1) is 22.9. The number of aliphatic hydroxyl groups is 1. The highest BCUT2D eigenvalue weighted by atomic mass is 32.1. The predicted molar refractivity (Wildman–Crippen MR) is 130 cm³/mol. The van der Waals surface area contributed by atoms with E-state index in [1.54, 1.807) is 24.3 Å². The lowest BCUT2D eigenvalue weighted by Crippen LogP contribution is -2.50. The summed E-state index contributed by atoms with van der Waals surface area (Å²) < 4.78 is 34.3. The molecule has 5 nitrogen and oxygen atoms in total. The molecule has 1 aliphatic rings. The number of thiazole rings is 1. The Labute approximate surface area is 200 Å². The summed E-state index contributed by atoms with van der Waals surface area (Å²) in [7, 11) is 0. The molecule has 0 aliphatic carbocycles. The van der Waals surface area contributed by atoms with E-state index < -0.39 is 6.10 Å². The van der Waals surface area contributed by atoms with Crippen LogP contribution in [0.5, 0.6) is 0 Å². The van der Waals surface area contributed by atoms with Gasteiger partial charge in [-0.3, -0.25) is 0 Å². The van der Waals surface area contributed by atoms with E-state index in [-0.39, 0.29) is 29.7 Å². The summed E-state index contributed by atoms with van der Waals surface area (Å²) in [6.07, 6.45) is -0.577. The predicted octanol–water partition coefficient (Wildman–Crippen LogP) is 4.60. The Bertz CT molecular complexity index is 1220. The minimum absolute atomic E-state index is 0.236. The summed E-state index contributed by atoms with van der Waals surface area (Å²) in [5, 5.41) is 14.9. The molecule has 1 aliphatic heterocycles. The Kier molecular flexibility index (Phi) is 6.56. The maximum atomic E-state index is 13.5. The van der Waals surface area contributed by atoms with Gasteiger partial charge in [-0.2, -0.15) is 0 Å². The number of rotatable bonds is 6. The van der Waals surface area contributed by atoms with Crippen molar-refractivity contribution >= 4 is 26.7 Å². The zero-order valence-corrected chi connectivity index (χ0v) is 19.1. The molecule has 176 valence electrons. The number of ether oxygens (including phenoxy) is 1. The van der Waals surface area contributed by atoms with Crippen LogP contribution in [0, 0.1) is 11.6 Å². The van der Waals surface area contributed by atoms with Gasteiger partial charge in [0.15, 0.2) is 5.13 Å². The lowest BCUT2D eigenvalue weighted by Gasteiger charge is -2.38. The Balaban J connectivity index is 1.29. The Hall–Kier alpha value is -2.91. The molecule has 8 heteroatoms. The molecule has 0 spiro atoms. The highest BCUT2D eigenvalue weighted by Crippen LogP contribution is 2.35. The molecule has 0 amide bonds. The third-order valence-electron chi connectivity index (χ3n) is 6.30. The minimum Gasteiger partial charge on any atom is -0.391 e. The van der Waals surface area contributed by atoms with Crippen molar-refractivity contribution in [1.82, 2.24) is 10.3 Å². The van der Waals surface area contributed by atoms with Gasteiger partial charge in [0.25, 0.3) is 0 Å². The molecular formula is C26H25F2N3O2S. The zero-order chi connectivity index (χ0) is 23.7. The van der Waals surface area contributed by atoms with E-state index in [0.29, 0.717) is 24.7 Å². The van der Waals surface area contributed by atoms with Crippen LogP contribution < -0.4 is 11.1 Å². The number of fused-ring (bicyclic) bond motifs is 1. The summed E-state index contributed by atoms with van der Waals surface area (Å²) in [6.45, 7) is 0.892. The van der Waals surface area contributed by atoms with E-state index >= 15 is 0 Å². The van der Waals surface area contributed by atoms with Gasteiger partial charge in [0, 0.05) is 18.9 Å². The fourth-order valence-corrected chi connectivity index (χ4v) is 5.34. The molecular weight excluding hydrogens is 456 g/mol. The highest BCUT2D eigenvalue weighted by Gasteiger charge is 2.35. The van der Waals surface area contributed by atoms with Crippen LogP contribution in [0.2, 0.25) is 0 Å². The second-order valence-corrected chi connectivity index (χ2v) is 9.66. The van der Waals surface area contributed by atoms with E-state index in [0.717, 1.165) is 26.9 Å². The zero-order valence-electron chi connectivity index (χ0n) is 18.3. The lowest BCUT2D eigenvalue weighted by molar-refractivity contribution is -0.0718. The number of benzene rings is 3. The molecule has 0 unspecified atom stereocenters. The van der Waals surface area contributed by atoms with Crippen molar-refractivity contribution in [3.05, 3.63) is 95.1 Å². The summed E-state index contributed by atoms with van der Waals surface area (Å²) in [5.41, 5.74) is 9.45. The van der Waals surface area contributed by atoms with Crippen LogP contribution in [-0.4, -0.2) is 34.9 Å². The Morgan fingerprint density at radius 3 is 2.29 bits per heavy atom. The van der Waals surface area contributed by atoms with E-state index in [1.165, 1.54) is 35.6 Å². The largest absolute Gasteiger partial charge is 0.391 e. The van der Waals surface area contributed by atoms with E-state index in [9.17, 15) is 13.9 Å². The van der Waals surface area contributed by atoms with Crippen molar-refractivity contribution in [1.29, 1.82) is 0 Å². The molecule has 1 aromatic heterocycles. The lowest BCUT2D eigenvalue weighted by atomic mass is 9.82. The Morgan fingerprint density at radius 2 is 1.68 bits per heavy atom. The van der Waals surface area contributed by atoms with Crippen LogP contribution >= 0.6 is 11.3 Å². The average molecular weight is 482 g/mol. The normalized spacial score (nSPS) is 20.8. The first-order chi connectivity index (χ1) is 16.5. The molecule has 3 atom stereocenters. The number of nitrogens with two attached hydrogens (primary N) is 1. The number of hydrogen-bond donors (Lipinski definition) is 3. The third kappa shape index (κ3) is 4.95. The quantitative estimate of drug-likeness (QED) is 0.375. The summed E-state index contributed by atoms with van der Waals surface area (Å²) in [6, 6.07) is 18.2. The smallest absolute Gasteiger partial charge is 0.181 e. The molecule has 0 saturated carbocycles. The number of halogens is 2. The van der Waals surface area contributed by atoms with Crippen molar-refractivity contribution in [2.24, 2.45) is 0 Å². The molecule has 0 bridgehead atoms. The number of nitrogens with zero attached hydrogens (tertiary/aromatic N) is 1. The fraction of sp³-hybridized carbons (Fsp3) is 0.269. The number of aromatic nitrogens is 1. The molecule has 4 aromatic rings. The number of anilines is 1. The molecule has 2 heterocycles. The van der Waals surface area contributed by atoms with E-state index in [2.05, 4.69) is 10.3 Å². The summed E-state index contributed by atoms with van der Waals surface area (Å²) >= 11 is 1.45. The van der Waals surface area contributed by atoms with Crippen molar-refractivity contribution in [3.8, 4) is 0 Å². The third-order valence-corrected chi connectivity index (χ3v) is 7.14. The van der Waals surface area contributed by atoms with Crippen LogP contribution in [0.1, 0.15) is 29.0 Å². The van der Waals surface area contributed by atoms with Gasteiger partial charge in [-0.05, 0) is 53.1 Å². The van der Waals surface area contributed by atoms with Gasteiger partial charge in [-0.25, -0.2) is 13.8 Å². The number of aliphatic hydroxyl groups excluding tert-OH is 1. The summed E-state index contributed by atoms with van der Waals surface area (Å²) in [5.74, 6) is -0.902. The van der Waals surface area contributed by atoms with E-state index in [4.69, 9.17) is 10.5 Å². The standard InChI is InChI=1S/C26H25F2N3O2S/c27-18-6-2-16(3-7-18)25(17-4-8-19(28)9-5-17)23-12-22(32)21(14-33-23)30-13-15-1-10-20-24(11-15)34-26(29)31-20/h1-11,21-23,25,30,32H,12-14H2,(H2,29,31)/t21-,22-,23+/m1/s1. The number of nitrogens with one attached hydrogen (secondary N) is 1. The number of nitrogen functional groups attached to an aromatic ring is 1. The van der Waals surface area contributed by atoms with Crippen LogP contribution in [0.25, 0.3) is 10.2 Å². The van der Waals surface area contributed by atoms with Crippen molar-refractivity contribution in [2.45, 2.75) is 37.1 Å². The Morgan fingerprint density at radius 1 is 1.03 bits per heavy atom. The minimum atomic E-state index is -0.634. The first-order valence-corrected chi connectivity index (χ1v) is 12.0. The van der Waals surface area contributed by atoms with Gasteiger partial charge in [-0.1, -0.05) is 41.7 Å². The maximum absolute atomic E-state index is 13.5. The molecule has 1 fully saturated rings. The fourth-order valence-electron chi connectivity index (χ4n) is 4.54. The van der Waals surface area contributed by atoms with Gasteiger partial charge in [0.2, 0.25) is 0 Å². The average Bonchev–Trinajstić information content (AvgIpc) is 3.20. The van der Waals surface area contributed by atoms with Crippen LogP contribution in [0.3, 0.4) is 0 Å². The van der Waals surface area contributed by atoms with Gasteiger partial charge in [0.1, 0.15) is 11.6 Å². The van der Waals surface area contributed by atoms with Crippen LogP contribution in [-0.2, 0) is 11.3 Å². The molecule has 0 radical (unpaired) electrons. The first-order valence-electron chi connectivity index (χ1n) is 11.1.